The van der Waals surface area contributed by atoms with Gasteiger partial charge in [-0.2, -0.15) is 0 Å². The monoisotopic (exact) mass is 451 g/mol. The fourth-order valence-corrected chi connectivity index (χ4v) is 3.60. The molecule has 33 heavy (non-hydrogen) atoms. The van der Waals surface area contributed by atoms with Crippen molar-refractivity contribution in [2.75, 3.05) is 31.6 Å². The first kappa shape index (κ1) is 24.2. The van der Waals surface area contributed by atoms with Crippen LogP contribution in [0.5, 0.6) is 11.5 Å². The average Bonchev–Trinajstić information content (AvgIpc) is 2.83. The lowest BCUT2D eigenvalue weighted by Gasteiger charge is -2.32. The van der Waals surface area contributed by atoms with E-state index >= 15 is 0 Å². The van der Waals surface area contributed by atoms with E-state index in [0.717, 1.165) is 30.5 Å². The summed E-state index contributed by atoms with van der Waals surface area (Å²) in [7, 11) is 0. The van der Waals surface area contributed by atoms with Crippen LogP contribution in [-0.2, 0) is 4.79 Å². The minimum Gasteiger partial charge on any atom is -0.490 e. The van der Waals surface area contributed by atoms with E-state index in [4.69, 9.17) is 9.47 Å². The van der Waals surface area contributed by atoms with Crippen LogP contribution in [-0.4, -0.2) is 49.2 Å². The summed E-state index contributed by atoms with van der Waals surface area (Å²) in [5, 5.41) is 5.94. The van der Waals surface area contributed by atoms with Crippen LogP contribution in [0.15, 0.2) is 54.6 Å². The van der Waals surface area contributed by atoms with Crippen molar-refractivity contribution >= 4 is 23.7 Å². The van der Waals surface area contributed by atoms with Gasteiger partial charge in [-0.1, -0.05) is 31.2 Å². The molecule has 1 aliphatic heterocycles. The summed E-state index contributed by atoms with van der Waals surface area (Å²) >= 11 is 0. The number of hydrogen-bond acceptors (Lipinski definition) is 4. The highest BCUT2D eigenvalue weighted by molar-refractivity contribution is 5.92. The van der Waals surface area contributed by atoms with E-state index in [1.54, 1.807) is 11.0 Å². The number of carbonyl (C=O) groups is 2. The largest absolute Gasteiger partial charge is 0.490 e. The molecule has 2 aromatic carbocycles. The maximum Gasteiger partial charge on any atom is 0.321 e. The molecule has 2 aromatic rings. The van der Waals surface area contributed by atoms with Gasteiger partial charge >= 0.3 is 6.03 Å². The normalized spacial score (nSPS) is 14.2. The summed E-state index contributed by atoms with van der Waals surface area (Å²) in [6.07, 6.45) is 5.67. The highest BCUT2D eigenvalue weighted by Gasteiger charge is 2.23. The Labute approximate surface area is 195 Å². The highest BCUT2D eigenvalue weighted by atomic mass is 16.5. The van der Waals surface area contributed by atoms with Crippen molar-refractivity contribution in [3.63, 3.8) is 0 Å². The molecule has 0 aliphatic carbocycles. The van der Waals surface area contributed by atoms with E-state index in [1.807, 2.05) is 55.5 Å². The molecule has 7 nitrogen and oxygen atoms in total. The molecule has 7 heteroatoms. The number of carbonyl (C=O) groups excluding carboxylic acids is 2. The van der Waals surface area contributed by atoms with Gasteiger partial charge in [0.15, 0.2) is 11.5 Å². The quantitative estimate of drug-likeness (QED) is 0.542. The fraction of sp³-hybridized carbons (Fsp3) is 0.385. The zero-order valence-electron chi connectivity index (χ0n) is 19.4. The first-order valence-electron chi connectivity index (χ1n) is 11.6. The minimum atomic E-state index is -0.147. The van der Waals surface area contributed by atoms with Gasteiger partial charge in [0.05, 0.1) is 13.2 Å². The van der Waals surface area contributed by atoms with Gasteiger partial charge in [0.25, 0.3) is 0 Å². The lowest BCUT2D eigenvalue weighted by Crippen LogP contribution is -2.47. The molecule has 3 amide bonds. The zero-order valence-corrected chi connectivity index (χ0v) is 19.4. The summed E-state index contributed by atoms with van der Waals surface area (Å²) in [5.41, 5.74) is 1.64. The molecule has 1 heterocycles. The van der Waals surface area contributed by atoms with Crippen LogP contribution >= 0.6 is 0 Å². The molecule has 0 saturated carbocycles. The predicted molar refractivity (Wildman–Crippen MR) is 131 cm³/mol. The summed E-state index contributed by atoms with van der Waals surface area (Å²) in [6.45, 7) is 6.35. The number of urea groups is 1. The van der Waals surface area contributed by atoms with Gasteiger partial charge in [-0.15, -0.1) is 0 Å². The number of hydrogen-bond donors (Lipinski definition) is 2. The van der Waals surface area contributed by atoms with Gasteiger partial charge < -0.3 is 25.0 Å². The maximum absolute atomic E-state index is 12.4. The number of ether oxygens (including phenoxy) is 2. The van der Waals surface area contributed by atoms with Crippen LogP contribution in [0.2, 0.25) is 0 Å². The number of amides is 3. The topological polar surface area (TPSA) is 79.9 Å². The number of para-hydroxylation sites is 1. The third kappa shape index (κ3) is 7.56. The van der Waals surface area contributed by atoms with Gasteiger partial charge in [-0.3, -0.25) is 4.79 Å². The molecular weight excluding hydrogens is 418 g/mol. The van der Waals surface area contributed by atoms with Crippen LogP contribution in [0.25, 0.3) is 6.08 Å². The van der Waals surface area contributed by atoms with E-state index in [-0.39, 0.29) is 18.0 Å². The minimum absolute atomic E-state index is 0.0479. The number of piperidine rings is 1. The number of nitrogens with one attached hydrogen (secondary N) is 2. The van der Waals surface area contributed by atoms with Crippen molar-refractivity contribution in [3.05, 3.63) is 60.2 Å². The van der Waals surface area contributed by atoms with Gasteiger partial charge in [0, 0.05) is 30.9 Å². The molecule has 0 spiro atoms. The van der Waals surface area contributed by atoms with Gasteiger partial charge in [0.1, 0.15) is 0 Å². The summed E-state index contributed by atoms with van der Waals surface area (Å²) in [6, 6.07) is 15.0. The Morgan fingerprint density at radius 2 is 1.79 bits per heavy atom. The Morgan fingerprint density at radius 1 is 1.03 bits per heavy atom. The fourth-order valence-electron chi connectivity index (χ4n) is 3.60. The first-order valence-corrected chi connectivity index (χ1v) is 11.6. The number of rotatable bonds is 9. The van der Waals surface area contributed by atoms with E-state index < -0.39 is 0 Å². The van der Waals surface area contributed by atoms with Crippen LogP contribution in [0.3, 0.4) is 0 Å². The summed E-state index contributed by atoms with van der Waals surface area (Å²) < 4.78 is 11.4. The molecular formula is C26H33N3O4. The Morgan fingerprint density at radius 3 is 2.48 bits per heavy atom. The second kappa shape index (κ2) is 12.5. The van der Waals surface area contributed by atoms with Crippen molar-refractivity contribution in [3.8, 4) is 11.5 Å². The molecule has 1 aliphatic rings. The third-order valence-electron chi connectivity index (χ3n) is 5.31. The van der Waals surface area contributed by atoms with E-state index in [2.05, 4.69) is 17.6 Å². The van der Waals surface area contributed by atoms with Crippen LogP contribution < -0.4 is 20.1 Å². The smallest absolute Gasteiger partial charge is 0.321 e. The van der Waals surface area contributed by atoms with Crippen molar-refractivity contribution in [1.29, 1.82) is 0 Å². The SMILES string of the molecule is CCCOc1ccc(/C=C/C(=O)NC2CCN(C(=O)Nc3ccccc3)CC2)cc1OCC. The molecule has 1 saturated heterocycles. The van der Waals surface area contributed by atoms with Crippen molar-refractivity contribution < 1.29 is 19.1 Å². The van der Waals surface area contributed by atoms with Crippen molar-refractivity contribution in [2.45, 2.75) is 39.2 Å². The van der Waals surface area contributed by atoms with Crippen molar-refractivity contribution in [1.82, 2.24) is 10.2 Å². The number of anilines is 1. The highest BCUT2D eigenvalue weighted by Crippen LogP contribution is 2.29. The zero-order chi connectivity index (χ0) is 23.5. The third-order valence-corrected chi connectivity index (χ3v) is 5.31. The van der Waals surface area contributed by atoms with Gasteiger partial charge in [0.2, 0.25) is 5.91 Å². The van der Waals surface area contributed by atoms with Crippen LogP contribution in [0, 0.1) is 0 Å². The Balaban J connectivity index is 1.47. The summed E-state index contributed by atoms with van der Waals surface area (Å²) in [5.74, 6) is 1.24. The lowest BCUT2D eigenvalue weighted by atomic mass is 10.1. The first-order chi connectivity index (χ1) is 16.1. The molecule has 0 bridgehead atoms. The van der Waals surface area contributed by atoms with E-state index in [0.29, 0.717) is 37.8 Å². The summed E-state index contributed by atoms with van der Waals surface area (Å²) in [4.78, 5) is 26.6. The number of nitrogens with zero attached hydrogens (tertiary/aromatic N) is 1. The second-order valence-corrected chi connectivity index (χ2v) is 7.89. The van der Waals surface area contributed by atoms with E-state index in [1.165, 1.54) is 6.08 Å². The molecule has 0 unspecified atom stereocenters. The van der Waals surface area contributed by atoms with Crippen LogP contribution in [0.1, 0.15) is 38.7 Å². The van der Waals surface area contributed by atoms with Gasteiger partial charge in [-0.05, 0) is 62.1 Å². The molecule has 2 N–H and O–H groups in total. The Hall–Kier alpha value is -3.48. The molecule has 176 valence electrons. The molecule has 3 rings (SSSR count). The second-order valence-electron chi connectivity index (χ2n) is 7.89. The average molecular weight is 452 g/mol. The lowest BCUT2D eigenvalue weighted by molar-refractivity contribution is -0.117. The predicted octanol–water partition coefficient (Wildman–Crippen LogP) is 4.70. The van der Waals surface area contributed by atoms with Crippen LogP contribution in [0.4, 0.5) is 10.5 Å². The maximum atomic E-state index is 12.4. The standard InChI is InChI=1S/C26H33N3O4/c1-3-18-33-23-12-10-20(19-24(23)32-4-2)11-13-25(30)27-22-14-16-29(17-15-22)26(31)28-21-8-6-5-7-9-21/h5-13,19,22H,3-4,14-18H2,1-2H3,(H,27,30)(H,28,31)/b13-11+. The van der Waals surface area contributed by atoms with Crippen molar-refractivity contribution in [2.24, 2.45) is 0 Å². The molecule has 1 fully saturated rings. The molecule has 0 radical (unpaired) electrons. The Bertz CT molecular complexity index is 938. The Kier molecular flexibility index (Phi) is 9.18. The van der Waals surface area contributed by atoms with Gasteiger partial charge in [-0.25, -0.2) is 4.79 Å². The molecule has 0 aromatic heterocycles. The number of likely N-dealkylation sites (tertiary alicyclic amines) is 1. The molecule has 0 atom stereocenters. The van der Waals surface area contributed by atoms with E-state index in [9.17, 15) is 9.59 Å². The number of benzene rings is 2.